The topological polar surface area (TPSA) is 9.23 Å². The second-order valence-corrected chi connectivity index (χ2v) is 4.44. The Labute approximate surface area is 81.6 Å². The first-order chi connectivity index (χ1) is 5.77. The Bertz CT molecular complexity index is 228. The van der Waals surface area contributed by atoms with Crippen molar-refractivity contribution >= 4 is 15.9 Å². The first-order valence-corrected chi connectivity index (χ1v) is 5.26. The predicted octanol–water partition coefficient (Wildman–Crippen LogP) is 3.02. The third-order valence-electron chi connectivity index (χ3n) is 2.36. The lowest BCUT2D eigenvalue weighted by molar-refractivity contribution is 0.0479. The lowest BCUT2D eigenvalue weighted by atomic mass is 10.00. The number of hydrogen-bond donors (Lipinski definition) is 0. The Morgan fingerprint density at radius 1 is 1.50 bits per heavy atom. The van der Waals surface area contributed by atoms with Gasteiger partial charge < -0.3 is 4.74 Å². The Morgan fingerprint density at radius 2 is 2.25 bits per heavy atom. The number of rotatable bonds is 2. The predicted molar refractivity (Wildman–Crippen MR) is 53.2 cm³/mol. The lowest BCUT2D eigenvalue weighted by Gasteiger charge is -2.23. The summed E-state index contributed by atoms with van der Waals surface area (Å²) in [4.78, 5) is 0. The summed E-state index contributed by atoms with van der Waals surface area (Å²) >= 11 is 3.53. The summed E-state index contributed by atoms with van der Waals surface area (Å²) in [7, 11) is 0. The average molecular weight is 229 g/mol. The van der Waals surface area contributed by atoms with E-state index in [1.54, 1.807) is 0 Å². The van der Waals surface area contributed by atoms with Crippen LogP contribution < -0.4 is 0 Å². The van der Waals surface area contributed by atoms with Gasteiger partial charge >= 0.3 is 0 Å². The van der Waals surface area contributed by atoms with Crippen molar-refractivity contribution in [2.24, 2.45) is 5.92 Å². The summed E-state index contributed by atoms with van der Waals surface area (Å²) in [6, 6.07) is 0. The van der Waals surface area contributed by atoms with Crippen molar-refractivity contribution in [2.75, 3.05) is 0 Å². The molecule has 0 aliphatic heterocycles. The SMILES string of the molecule is CC1C(Br)=CC=CC1OC1CC1. The first-order valence-electron chi connectivity index (χ1n) is 4.46. The van der Waals surface area contributed by atoms with Crippen LogP contribution in [0.1, 0.15) is 19.8 Å². The largest absolute Gasteiger partial charge is 0.370 e. The van der Waals surface area contributed by atoms with Crippen molar-refractivity contribution in [2.45, 2.75) is 32.0 Å². The standard InChI is InChI=1S/C10H13BrO/c1-7-9(11)3-2-4-10(7)12-8-5-6-8/h2-4,7-8,10H,5-6H2,1H3. The van der Waals surface area contributed by atoms with Crippen LogP contribution in [0.3, 0.4) is 0 Å². The summed E-state index contributed by atoms with van der Waals surface area (Å²) in [5, 5.41) is 0. The molecule has 0 spiro atoms. The van der Waals surface area contributed by atoms with Crippen molar-refractivity contribution in [3.05, 3.63) is 22.7 Å². The Kier molecular flexibility index (Phi) is 2.37. The molecule has 0 radical (unpaired) electrons. The quantitative estimate of drug-likeness (QED) is 0.707. The molecule has 2 aliphatic rings. The van der Waals surface area contributed by atoms with Crippen LogP contribution in [-0.4, -0.2) is 12.2 Å². The van der Waals surface area contributed by atoms with Crippen LogP contribution >= 0.6 is 15.9 Å². The third-order valence-corrected chi connectivity index (χ3v) is 3.34. The highest BCUT2D eigenvalue weighted by molar-refractivity contribution is 9.11. The summed E-state index contributed by atoms with van der Waals surface area (Å²) in [6.45, 7) is 2.19. The summed E-state index contributed by atoms with van der Waals surface area (Å²) in [6.07, 6.45) is 9.64. The van der Waals surface area contributed by atoms with Crippen LogP contribution in [0.25, 0.3) is 0 Å². The van der Waals surface area contributed by atoms with E-state index >= 15 is 0 Å². The molecule has 1 fully saturated rings. The normalized spacial score (nSPS) is 35.0. The first kappa shape index (κ1) is 8.52. The zero-order valence-corrected chi connectivity index (χ0v) is 8.75. The second kappa shape index (κ2) is 3.35. The molecule has 2 heteroatoms. The van der Waals surface area contributed by atoms with Gasteiger partial charge in [0.1, 0.15) is 0 Å². The molecular formula is C10H13BrO. The van der Waals surface area contributed by atoms with E-state index in [0.717, 1.165) is 0 Å². The molecule has 0 aromatic rings. The van der Waals surface area contributed by atoms with Gasteiger partial charge in [0.2, 0.25) is 0 Å². The van der Waals surface area contributed by atoms with E-state index in [1.165, 1.54) is 17.3 Å². The molecule has 66 valence electrons. The Balaban J connectivity index is 1.97. The van der Waals surface area contributed by atoms with Crippen LogP contribution in [0.15, 0.2) is 22.7 Å². The van der Waals surface area contributed by atoms with Crippen molar-refractivity contribution in [1.29, 1.82) is 0 Å². The van der Waals surface area contributed by atoms with E-state index in [-0.39, 0.29) is 6.10 Å². The second-order valence-electron chi connectivity index (χ2n) is 3.53. The van der Waals surface area contributed by atoms with Gasteiger partial charge in [-0.05, 0) is 12.8 Å². The summed E-state index contributed by atoms with van der Waals surface area (Å²) in [5.74, 6) is 0.482. The lowest BCUT2D eigenvalue weighted by Crippen LogP contribution is -2.22. The highest BCUT2D eigenvalue weighted by Gasteiger charge is 2.29. The molecule has 0 saturated heterocycles. The third kappa shape index (κ3) is 1.80. The van der Waals surface area contributed by atoms with Crippen molar-refractivity contribution in [1.82, 2.24) is 0 Å². The number of allylic oxidation sites excluding steroid dienone is 2. The number of halogens is 1. The Morgan fingerprint density at radius 3 is 2.92 bits per heavy atom. The van der Waals surface area contributed by atoms with Gasteiger partial charge in [-0.3, -0.25) is 0 Å². The van der Waals surface area contributed by atoms with Crippen molar-refractivity contribution in [3.8, 4) is 0 Å². The molecule has 0 aromatic carbocycles. The number of hydrogen-bond acceptors (Lipinski definition) is 1. The summed E-state index contributed by atoms with van der Waals surface area (Å²) in [5.41, 5.74) is 0. The van der Waals surface area contributed by atoms with E-state index in [4.69, 9.17) is 4.74 Å². The van der Waals surface area contributed by atoms with E-state index in [1.807, 2.05) is 0 Å². The van der Waals surface area contributed by atoms with Gasteiger partial charge in [-0.1, -0.05) is 41.1 Å². The maximum atomic E-state index is 5.83. The molecule has 2 unspecified atom stereocenters. The smallest absolute Gasteiger partial charge is 0.0833 e. The molecule has 0 amide bonds. The van der Waals surface area contributed by atoms with Gasteiger partial charge in [-0.15, -0.1) is 0 Å². The van der Waals surface area contributed by atoms with Crippen molar-refractivity contribution in [3.63, 3.8) is 0 Å². The minimum atomic E-state index is 0.289. The minimum absolute atomic E-state index is 0.289. The van der Waals surface area contributed by atoms with Gasteiger partial charge in [0.25, 0.3) is 0 Å². The van der Waals surface area contributed by atoms with E-state index in [9.17, 15) is 0 Å². The van der Waals surface area contributed by atoms with Crippen LogP contribution in [-0.2, 0) is 4.74 Å². The highest BCUT2D eigenvalue weighted by atomic mass is 79.9. The maximum Gasteiger partial charge on any atom is 0.0833 e. The Hall–Kier alpha value is -0.0800. The van der Waals surface area contributed by atoms with Gasteiger partial charge in [0.05, 0.1) is 12.2 Å². The minimum Gasteiger partial charge on any atom is -0.370 e. The van der Waals surface area contributed by atoms with Gasteiger partial charge in [0, 0.05) is 10.4 Å². The number of ether oxygens (including phenoxy) is 1. The summed E-state index contributed by atoms with van der Waals surface area (Å²) < 4.78 is 7.07. The maximum absolute atomic E-state index is 5.83. The fraction of sp³-hybridized carbons (Fsp3) is 0.600. The molecular weight excluding hydrogens is 216 g/mol. The van der Waals surface area contributed by atoms with Crippen LogP contribution in [0.2, 0.25) is 0 Å². The van der Waals surface area contributed by atoms with Gasteiger partial charge in [-0.25, -0.2) is 0 Å². The van der Waals surface area contributed by atoms with Crippen molar-refractivity contribution < 1.29 is 4.74 Å². The zero-order chi connectivity index (χ0) is 8.55. The van der Waals surface area contributed by atoms with E-state index in [0.29, 0.717) is 12.0 Å². The van der Waals surface area contributed by atoms with Gasteiger partial charge in [0.15, 0.2) is 0 Å². The highest BCUT2D eigenvalue weighted by Crippen LogP contribution is 2.32. The molecule has 12 heavy (non-hydrogen) atoms. The molecule has 2 atom stereocenters. The van der Waals surface area contributed by atoms with Crippen LogP contribution in [0.4, 0.5) is 0 Å². The molecule has 2 aliphatic carbocycles. The molecule has 1 saturated carbocycles. The molecule has 0 bridgehead atoms. The molecule has 1 nitrogen and oxygen atoms in total. The molecule has 2 rings (SSSR count). The molecule has 0 aromatic heterocycles. The molecule has 0 N–H and O–H groups in total. The van der Waals surface area contributed by atoms with Gasteiger partial charge in [-0.2, -0.15) is 0 Å². The monoisotopic (exact) mass is 228 g/mol. The molecule has 0 heterocycles. The van der Waals surface area contributed by atoms with Crippen LogP contribution in [0, 0.1) is 5.92 Å². The van der Waals surface area contributed by atoms with E-state index < -0.39 is 0 Å². The van der Waals surface area contributed by atoms with Crippen LogP contribution in [0.5, 0.6) is 0 Å². The fourth-order valence-corrected chi connectivity index (χ4v) is 1.74. The van der Waals surface area contributed by atoms with E-state index in [2.05, 4.69) is 41.1 Å². The zero-order valence-electron chi connectivity index (χ0n) is 7.16. The average Bonchev–Trinajstić information content (AvgIpc) is 2.83. The fourth-order valence-electron chi connectivity index (χ4n) is 1.32.